The maximum Gasteiger partial charge on any atom is 0.193 e. The van der Waals surface area contributed by atoms with E-state index in [-0.39, 0.29) is 24.0 Å². The van der Waals surface area contributed by atoms with Crippen LogP contribution in [0.15, 0.2) is 21.8 Å². The minimum atomic E-state index is 0. The maximum atomic E-state index is 4.92. The molecule has 0 amide bonds. The molecule has 1 N–H and O–H groups in total. The lowest BCUT2D eigenvalue weighted by molar-refractivity contribution is 0.158. The number of halogens is 1. The van der Waals surface area contributed by atoms with Crippen molar-refractivity contribution in [3.05, 3.63) is 18.0 Å². The van der Waals surface area contributed by atoms with Crippen molar-refractivity contribution in [1.82, 2.24) is 25.2 Å². The molecule has 0 bridgehead atoms. The lowest BCUT2D eigenvalue weighted by Gasteiger charge is -2.36. The van der Waals surface area contributed by atoms with Gasteiger partial charge < -0.3 is 19.6 Å². The molecule has 2 aliphatic heterocycles. The van der Waals surface area contributed by atoms with E-state index in [0.717, 1.165) is 57.0 Å². The van der Waals surface area contributed by atoms with Crippen LogP contribution in [0.2, 0.25) is 0 Å². The topological polar surface area (TPSA) is 60.1 Å². The van der Waals surface area contributed by atoms with Crippen LogP contribution in [0, 0.1) is 0 Å². The number of nitrogens with zero attached hydrogens (tertiary/aromatic N) is 5. The van der Waals surface area contributed by atoms with Crippen molar-refractivity contribution in [2.45, 2.75) is 51.6 Å². The Kier molecular flexibility index (Phi) is 10.6. The van der Waals surface area contributed by atoms with E-state index < -0.39 is 0 Å². The molecule has 2 saturated heterocycles. The molecule has 0 spiro atoms. The molecular weight excluding hydrogens is 467 g/mol. The number of nitrogens with one attached hydrogen (secondary N) is 1. The highest BCUT2D eigenvalue weighted by Gasteiger charge is 2.20. The smallest absolute Gasteiger partial charge is 0.193 e. The third-order valence-electron chi connectivity index (χ3n) is 5.86. The van der Waals surface area contributed by atoms with E-state index in [9.17, 15) is 0 Å². The molecule has 160 valence electrons. The zero-order valence-corrected chi connectivity index (χ0v) is 19.8. The number of piperazine rings is 1. The van der Waals surface area contributed by atoms with Gasteiger partial charge in [0.25, 0.3) is 0 Å². The average Bonchev–Trinajstić information content (AvgIpc) is 3.20. The van der Waals surface area contributed by atoms with Crippen LogP contribution >= 0.6 is 24.0 Å². The molecular formula is C20H37IN6O. The highest BCUT2D eigenvalue weighted by atomic mass is 127. The number of likely N-dealkylation sites (tertiary alicyclic amines) is 1. The van der Waals surface area contributed by atoms with Crippen LogP contribution < -0.4 is 5.32 Å². The summed E-state index contributed by atoms with van der Waals surface area (Å²) < 4.78 is 4.92. The van der Waals surface area contributed by atoms with E-state index in [1.54, 1.807) is 6.26 Å². The summed E-state index contributed by atoms with van der Waals surface area (Å²) in [5.74, 6) is 1.04. The number of aromatic nitrogens is 1. The van der Waals surface area contributed by atoms with Gasteiger partial charge >= 0.3 is 0 Å². The summed E-state index contributed by atoms with van der Waals surface area (Å²) in [4.78, 5) is 11.9. The largest absolute Gasteiger partial charge is 0.364 e. The van der Waals surface area contributed by atoms with Crippen LogP contribution in [-0.2, 0) is 6.54 Å². The fourth-order valence-corrected chi connectivity index (χ4v) is 4.13. The van der Waals surface area contributed by atoms with Crippen molar-refractivity contribution in [3.63, 3.8) is 0 Å². The van der Waals surface area contributed by atoms with Gasteiger partial charge in [-0.15, -0.1) is 24.0 Å². The molecule has 2 fully saturated rings. The van der Waals surface area contributed by atoms with Crippen molar-refractivity contribution < 1.29 is 4.52 Å². The molecule has 1 aromatic rings. The van der Waals surface area contributed by atoms with Gasteiger partial charge in [-0.3, -0.25) is 9.89 Å². The average molecular weight is 504 g/mol. The van der Waals surface area contributed by atoms with Crippen molar-refractivity contribution in [2.75, 3.05) is 52.9 Å². The standard InChI is InChI=1S/C20H36N6O.HI/c1-18-7-3-5-10-25(18)11-6-4-9-22-20(21-2)26-14-12-24(13-15-26)17-19-8-16-27-23-19;/h8,16,18H,3-7,9-15,17H2,1-2H3,(H,21,22);1H. The third-order valence-corrected chi connectivity index (χ3v) is 5.86. The molecule has 0 aliphatic carbocycles. The number of unbranched alkanes of at least 4 members (excludes halogenated alkanes) is 1. The molecule has 0 aromatic carbocycles. The van der Waals surface area contributed by atoms with Crippen LogP contribution in [0.1, 0.15) is 44.7 Å². The predicted octanol–water partition coefficient (Wildman–Crippen LogP) is 2.64. The number of aliphatic imine (C=N–C) groups is 1. The van der Waals surface area contributed by atoms with Gasteiger partial charge in [0.2, 0.25) is 0 Å². The Labute approximate surface area is 186 Å². The molecule has 0 saturated carbocycles. The van der Waals surface area contributed by atoms with E-state index in [4.69, 9.17) is 4.52 Å². The van der Waals surface area contributed by atoms with Gasteiger partial charge in [0.15, 0.2) is 5.96 Å². The Morgan fingerprint density at radius 2 is 2.04 bits per heavy atom. The summed E-state index contributed by atoms with van der Waals surface area (Å²) in [6, 6.07) is 2.71. The van der Waals surface area contributed by atoms with Gasteiger partial charge in [-0.25, -0.2) is 0 Å². The summed E-state index contributed by atoms with van der Waals surface area (Å²) in [5.41, 5.74) is 1.01. The number of rotatable bonds is 7. The van der Waals surface area contributed by atoms with Crippen molar-refractivity contribution >= 4 is 29.9 Å². The van der Waals surface area contributed by atoms with Crippen molar-refractivity contribution in [1.29, 1.82) is 0 Å². The molecule has 1 atom stereocenters. The van der Waals surface area contributed by atoms with Crippen molar-refractivity contribution in [2.24, 2.45) is 4.99 Å². The number of guanidine groups is 1. The van der Waals surface area contributed by atoms with Gasteiger partial charge in [0.1, 0.15) is 6.26 Å². The summed E-state index contributed by atoms with van der Waals surface area (Å²) in [6.45, 7) is 10.8. The molecule has 28 heavy (non-hydrogen) atoms. The molecule has 8 heteroatoms. The Morgan fingerprint density at radius 1 is 1.21 bits per heavy atom. The second-order valence-corrected chi connectivity index (χ2v) is 7.82. The van der Waals surface area contributed by atoms with Crippen LogP contribution in [0.3, 0.4) is 0 Å². The monoisotopic (exact) mass is 504 g/mol. The van der Waals surface area contributed by atoms with Crippen LogP contribution in [0.5, 0.6) is 0 Å². The van der Waals surface area contributed by atoms with Gasteiger partial charge in [0.05, 0.1) is 5.69 Å². The molecule has 3 heterocycles. The highest BCUT2D eigenvalue weighted by Crippen LogP contribution is 2.16. The fraction of sp³-hybridized carbons (Fsp3) is 0.800. The third kappa shape index (κ3) is 7.18. The van der Waals surface area contributed by atoms with E-state index >= 15 is 0 Å². The SMILES string of the molecule is CN=C(NCCCCN1CCCCC1C)N1CCN(Cc2ccon2)CC1.I. The van der Waals surface area contributed by atoms with E-state index in [1.165, 1.54) is 45.2 Å². The maximum absolute atomic E-state index is 4.92. The Hall–Kier alpha value is -0.870. The van der Waals surface area contributed by atoms with Gasteiger partial charge in [-0.1, -0.05) is 11.6 Å². The lowest BCUT2D eigenvalue weighted by atomic mass is 10.0. The van der Waals surface area contributed by atoms with Gasteiger partial charge in [-0.2, -0.15) is 0 Å². The highest BCUT2D eigenvalue weighted by molar-refractivity contribution is 14.0. The van der Waals surface area contributed by atoms with Gasteiger partial charge in [-0.05, 0) is 45.7 Å². The normalized spacial score (nSPS) is 22.1. The van der Waals surface area contributed by atoms with Gasteiger partial charge in [0, 0.05) is 58.4 Å². The van der Waals surface area contributed by atoms with E-state index in [0.29, 0.717) is 0 Å². The van der Waals surface area contributed by atoms with Crippen molar-refractivity contribution in [3.8, 4) is 0 Å². The first-order valence-corrected chi connectivity index (χ1v) is 10.6. The number of hydrogen-bond donors (Lipinski definition) is 1. The minimum Gasteiger partial charge on any atom is -0.364 e. The summed E-state index contributed by atoms with van der Waals surface area (Å²) in [5, 5.41) is 7.57. The second kappa shape index (κ2) is 12.6. The number of piperidine rings is 1. The van der Waals surface area contributed by atoms with E-state index in [1.807, 2.05) is 13.1 Å². The molecule has 0 radical (unpaired) electrons. The zero-order valence-electron chi connectivity index (χ0n) is 17.5. The molecule has 2 aliphatic rings. The first-order chi connectivity index (χ1) is 13.3. The van der Waals surface area contributed by atoms with E-state index in [2.05, 4.69) is 37.1 Å². The Morgan fingerprint density at radius 3 is 2.71 bits per heavy atom. The quantitative estimate of drug-likeness (QED) is 0.267. The molecule has 1 unspecified atom stereocenters. The second-order valence-electron chi connectivity index (χ2n) is 7.82. The first kappa shape index (κ1) is 23.4. The molecule has 7 nitrogen and oxygen atoms in total. The zero-order chi connectivity index (χ0) is 18.9. The Bertz CT molecular complexity index is 559. The fourth-order valence-electron chi connectivity index (χ4n) is 4.13. The summed E-state index contributed by atoms with van der Waals surface area (Å²) in [7, 11) is 1.89. The van der Waals surface area contributed by atoms with Crippen LogP contribution in [0.25, 0.3) is 0 Å². The predicted molar refractivity (Wildman–Crippen MR) is 124 cm³/mol. The van der Waals surface area contributed by atoms with Crippen LogP contribution in [-0.4, -0.2) is 84.7 Å². The Balaban J connectivity index is 0.00000280. The minimum absolute atomic E-state index is 0. The molecule has 3 rings (SSSR count). The number of hydrogen-bond acceptors (Lipinski definition) is 5. The molecule has 1 aromatic heterocycles. The van der Waals surface area contributed by atoms with Crippen LogP contribution in [0.4, 0.5) is 0 Å². The lowest BCUT2D eigenvalue weighted by Crippen LogP contribution is -2.52. The first-order valence-electron chi connectivity index (χ1n) is 10.6. The summed E-state index contributed by atoms with van der Waals surface area (Å²) >= 11 is 0. The summed E-state index contributed by atoms with van der Waals surface area (Å²) in [6.07, 6.45) is 8.25.